The van der Waals surface area contributed by atoms with Crippen LogP contribution in [0.2, 0.25) is 0 Å². The van der Waals surface area contributed by atoms with Crippen molar-refractivity contribution in [1.29, 1.82) is 0 Å². The molecule has 1 saturated heterocycles. The lowest BCUT2D eigenvalue weighted by Gasteiger charge is -2.27. The van der Waals surface area contributed by atoms with Crippen molar-refractivity contribution in [2.75, 3.05) is 12.3 Å². The number of rotatable bonds is 2. The molecule has 4 nitrogen and oxygen atoms in total. The van der Waals surface area contributed by atoms with Crippen molar-refractivity contribution in [3.05, 3.63) is 23.3 Å². The van der Waals surface area contributed by atoms with Crippen molar-refractivity contribution in [3.8, 4) is 0 Å². The van der Waals surface area contributed by atoms with Gasteiger partial charge in [0.2, 0.25) is 10.0 Å². The Morgan fingerprint density at radius 2 is 1.80 bits per heavy atom. The second-order valence-electron chi connectivity index (χ2n) is 5.79. The summed E-state index contributed by atoms with van der Waals surface area (Å²) in [6.45, 7) is 6.44. The third kappa shape index (κ3) is 2.83. The Hall–Kier alpha value is -1.07. The molecule has 1 aromatic rings. The van der Waals surface area contributed by atoms with Gasteiger partial charge in [-0.2, -0.15) is 4.31 Å². The van der Waals surface area contributed by atoms with Gasteiger partial charge in [-0.3, -0.25) is 0 Å². The zero-order valence-corrected chi connectivity index (χ0v) is 13.3. The van der Waals surface area contributed by atoms with E-state index in [-0.39, 0.29) is 10.9 Å². The molecule has 20 heavy (non-hydrogen) atoms. The van der Waals surface area contributed by atoms with Crippen LogP contribution in [0.4, 0.5) is 5.69 Å². The molecule has 0 amide bonds. The van der Waals surface area contributed by atoms with Gasteiger partial charge in [-0.1, -0.05) is 12.8 Å². The number of nitrogens with zero attached hydrogens (tertiary/aromatic N) is 1. The molecule has 0 spiro atoms. The Morgan fingerprint density at radius 1 is 1.15 bits per heavy atom. The highest BCUT2D eigenvalue weighted by molar-refractivity contribution is 7.89. The van der Waals surface area contributed by atoms with Crippen LogP contribution in [0, 0.1) is 13.8 Å². The third-order valence-electron chi connectivity index (χ3n) is 4.20. The largest absolute Gasteiger partial charge is 0.398 e. The van der Waals surface area contributed by atoms with Crippen molar-refractivity contribution in [1.82, 2.24) is 4.31 Å². The molecule has 0 bridgehead atoms. The molecular weight excluding hydrogens is 272 g/mol. The van der Waals surface area contributed by atoms with Crippen LogP contribution in [-0.2, 0) is 10.0 Å². The van der Waals surface area contributed by atoms with Crippen LogP contribution in [0.5, 0.6) is 0 Å². The molecule has 112 valence electrons. The van der Waals surface area contributed by atoms with Crippen LogP contribution in [-0.4, -0.2) is 25.3 Å². The number of aryl methyl sites for hydroxylation is 2. The Bertz CT molecular complexity index is 596. The topological polar surface area (TPSA) is 63.4 Å². The first-order chi connectivity index (χ1) is 9.34. The van der Waals surface area contributed by atoms with Crippen molar-refractivity contribution in [3.63, 3.8) is 0 Å². The van der Waals surface area contributed by atoms with Crippen LogP contribution < -0.4 is 5.73 Å². The lowest BCUT2D eigenvalue weighted by Crippen LogP contribution is -2.38. The van der Waals surface area contributed by atoms with Gasteiger partial charge >= 0.3 is 0 Å². The SMILES string of the molecule is Cc1cc(N)c(S(=O)(=O)N2CCCCCC2C)cc1C. The molecule has 0 radical (unpaired) electrons. The van der Waals surface area contributed by atoms with Crippen LogP contribution in [0.15, 0.2) is 17.0 Å². The number of benzene rings is 1. The summed E-state index contributed by atoms with van der Waals surface area (Å²) in [7, 11) is -3.50. The second-order valence-corrected chi connectivity index (χ2v) is 7.65. The summed E-state index contributed by atoms with van der Waals surface area (Å²) in [5.41, 5.74) is 8.29. The predicted octanol–water partition coefficient (Wildman–Crippen LogP) is 2.84. The van der Waals surface area contributed by atoms with Gasteiger partial charge in [-0.25, -0.2) is 8.42 Å². The molecule has 1 heterocycles. The highest BCUT2D eigenvalue weighted by atomic mass is 32.2. The van der Waals surface area contributed by atoms with E-state index in [0.29, 0.717) is 12.2 Å². The summed E-state index contributed by atoms with van der Waals surface area (Å²) in [5, 5.41) is 0. The molecule has 1 aliphatic rings. The zero-order valence-electron chi connectivity index (χ0n) is 12.5. The first-order valence-corrected chi connectivity index (χ1v) is 8.66. The van der Waals surface area contributed by atoms with Crippen LogP contribution >= 0.6 is 0 Å². The molecule has 2 rings (SSSR count). The van der Waals surface area contributed by atoms with E-state index in [9.17, 15) is 8.42 Å². The van der Waals surface area contributed by atoms with E-state index in [2.05, 4.69) is 0 Å². The fourth-order valence-corrected chi connectivity index (χ4v) is 4.65. The highest BCUT2D eigenvalue weighted by Gasteiger charge is 2.31. The van der Waals surface area contributed by atoms with E-state index in [1.54, 1.807) is 16.4 Å². The quantitative estimate of drug-likeness (QED) is 0.854. The normalized spacial score (nSPS) is 21.6. The summed E-state index contributed by atoms with van der Waals surface area (Å²) in [6.07, 6.45) is 4.03. The number of anilines is 1. The van der Waals surface area contributed by atoms with E-state index in [1.807, 2.05) is 20.8 Å². The van der Waals surface area contributed by atoms with E-state index < -0.39 is 10.0 Å². The maximum atomic E-state index is 12.9. The summed E-state index contributed by atoms with van der Waals surface area (Å²) >= 11 is 0. The molecular formula is C15H24N2O2S. The molecule has 1 atom stereocenters. The third-order valence-corrected chi connectivity index (χ3v) is 6.27. The average Bonchev–Trinajstić information content (AvgIpc) is 2.58. The summed E-state index contributed by atoms with van der Waals surface area (Å²) in [6, 6.07) is 3.51. The minimum absolute atomic E-state index is 0.0449. The highest BCUT2D eigenvalue weighted by Crippen LogP contribution is 2.29. The Balaban J connectivity index is 2.46. The van der Waals surface area contributed by atoms with Crippen molar-refractivity contribution < 1.29 is 8.42 Å². The van der Waals surface area contributed by atoms with Crippen molar-refractivity contribution >= 4 is 15.7 Å². The van der Waals surface area contributed by atoms with Gasteiger partial charge in [0.25, 0.3) is 0 Å². The molecule has 5 heteroatoms. The van der Waals surface area contributed by atoms with Crippen LogP contribution in [0.3, 0.4) is 0 Å². The second kappa shape index (κ2) is 5.74. The molecule has 0 saturated carbocycles. The minimum atomic E-state index is -3.50. The molecule has 1 unspecified atom stereocenters. The van der Waals surface area contributed by atoms with Crippen LogP contribution in [0.25, 0.3) is 0 Å². The Labute approximate surface area is 122 Å². The number of hydrogen-bond donors (Lipinski definition) is 1. The van der Waals surface area contributed by atoms with Gasteiger partial charge in [-0.05, 0) is 56.9 Å². The van der Waals surface area contributed by atoms with Gasteiger partial charge in [-0.15, -0.1) is 0 Å². The Kier molecular flexibility index (Phi) is 4.39. The van der Waals surface area contributed by atoms with E-state index in [0.717, 1.165) is 36.8 Å². The maximum Gasteiger partial charge on any atom is 0.245 e. The minimum Gasteiger partial charge on any atom is -0.398 e. The summed E-state index contributed by atoms with van der Waals surface area (Å²) in [4.78, 5) is 0.259. The standard InChI is InChI=1S/C15H24N2O2S/c1-11-9-14(16)15(10-12(11)2)20(18,19)17-8-6-4-5-7-13(17)3/h9-10,13H,4-8,16H2,1-3H3. The van der Waals surface area contributed by atoms with Gasteiger partial charge in [0.1, 0.15) is 4.90 Å². The molecule has 0 aromatic heterocycles. The van der Waals surface area contributed by atoms with Gasteiger partial charge < -0.3 is 5.73 Å². The lowest BCUT2D eigenvalue weighted by atomic mass is 10.1. The lowest BCUT2D eigenvalue weighted by molar-refractivity contribution is 0.342. The number of nitrogen functional groups attached to an aromatic ring is 1. The monoisotopic (exact) mass is 296 g/mol. The van der Waals surface area contributed by atoms with Gasteiger partial charge in [0.05, 0.1) is 5.69 Å². The first-order valence-electron chi connectivity index (χ1n) is 7.22. The van der Waals surface area contributed by atoms with Crippen LogP contribution in [0.1, 0.15) is 43.7 Å². The molecule has 1 aliphatic heterocycles. The number of hydrogen-bond acceptors (Lipinski definition) is 3. The summed E-state index contributed by atoms with van der Waals surface area (Å²) in [5.74, 6) is 0. The number of sulfonamides is 1. The molecule has 2 N–H and O–H groups in total. The fraction of sp³-hybridized carbons (Fsp3) is 0.600. The van der Waals surface area contributed by atoms with Gasteiger partial charge in [0, 0.05) is 12.6 Å². The van der Waals surface area contributed by atoms with E-state index in [1.165, 1.54) is 0 Å². The van der Waals surface area contributed by atoms with Crippen molar-refractivity contribution in [2.45, 2.75) is 57.4 Å². The summed E-state index contributed by atoms with van der Waals surface area (Å²) < 4.78 is 27.4. The Morgan fingerprint density at radius 3 is 2.50 bits per heavy atom. The molecule has 0 aliphatic carbocycles. The van der Waals surface area contributed by atoms with E-state index in [4.69, 9.17) is 5.73 Å². The predicted molar refractivity (Wildman–Crippen MR) is 82.2 cm³/mol. The van der Waals surface area contributed by atoms with Crippen molar-refractivity contribution in [2.24, 2.45) is 0 Å². The first kappa shape index (κ1) is 15.3. The zero-order chi connectivity index (χ0) is 14.9. The maximum absolute atomic E-state index is 12.9. The van der Waals surface area contributed by atoms with Gasteiger partial charge in [0.15, 0.2) is 0 Å². The molecule has 1 fully saturated rings. The average molecular weight is 296 g/mol. The number of nitrogens with two attached hydrogens (primary N) is 1. The smallest absolute Gasteiger partial charge is 0.245 e. The van der Waals surface area contributed by atoms with E-state index >= 15 is 0 Å². The fourth-order valence-electron chi connectivity index (χ4n) is 2.77. The molecule has 1 aromatic carbocycles.